The fraction of sp³-hybridized carbons (Fsp3) is 0.455. The van der Waals surface area contributed by atoms with Crippen LogP contribution in [0, 0.1) is 0 Å². The van der Waals surface area contributed by atoms with Crippen molar-refractivity contribution < 1.29 is 13.9 Å². The van der Waals surface area contributed by atoms with Crippen LogP contribution in [0.5, 0.6) is 0 Å². The maximum Gasteiger partial charge on any atom is 0.270 e. The highest BCUT2D eigenvalue weighted by Crippen LogP contribution is 2.15. The first-order chi connectivity index (χ1) is 7.77. The average Bonchev–Trinajstić information content (AvgIpc) is 2.33. The number of nitrogens with one attached hydrogen (secondary N) is 1. The third kappa shape index (κ3) is 2.55. The molecular formula is C11H13FN2O2. The van der Waals surface area contributed by atoms with Crippen molar-refractivity contribution >= 4 is 5.91 Å². The minimum absolute atomic E-state index is 0.292. The lowest BCUT2D eigenvalue weighted by molar-refractivity contribution is -0.0871. The second kappa shape index (κ2) is 5.03. The molecule has 1 aliphatic heterocycles. The van der Waals surface area contributed by atoms with Crippen LogP contribution in [0.25, 0.3) is 0 Å². The number of halogens is 1. The lowest BCUT2D eigenvalue weighted by Crippen LogP contribution is -2.45. The molecule has 0 spiro atoms. The van der Waals surface area contributed by atoms with Gasteiger partial charge in [-0.05, 0) is 25.0 Å². The molecule has 2 atom stereocenters. The number of hydrogen-bond donors (Lipinski definition) is 1. The van der Waals surface area contributed by atoms with Crippen molar-refractivity contribution in [3.63, 3.8) is 0 Å². The first-order valence-electron chi connectivity index (χ1n) is 5.25. The van der Waals surface area contributed by atoms with Gasteiger partial charge in [-0.25, -0.2) is 4.39 Å². The summed E-state index contributed by atoms with van der Waals surface area (Å²) < 4.78 is 18.1. The van der Waals surface area contributed by atoms with Gasteiger partial charge in [0.1, 0.15) is 5.69 Å². The highest BCUT2D eigenvalue weighted by atomic mass is 19.1. The first-order valence-corrected chi connectivity index (χ1v) is 5.25. The summed E-state index contributed by atoms with van der Waals surface area (Å²) in [6.45, 7) is 0.414. The summed E-state index contributed by atoms with van der Waals surface area (Å²) in [5.41, 5.74) is 0.292. The van der Waals surface area contributed by atoms with E-state index >= 15 is 0 Å². The molecule has 1 aliphatic rings. The summed E-state index contributed by atoms with van der Waals surface area (Å²) >= 11 is 0. The molecule has 1 aromatic heterocycles. The zero-order chi connectivity index (χ0) is 11.4. The summed E-state index contributed by atoms with van der Waals surface area (Å²) in [5.74, 6) is -0.362. The van der Waals surface area contributed by atoms with E-state index in [1.54, 1.807) is 18.2 Å². The standard InChI is InChI=1S/C11H13FN2O2/c12-10-8(5-3-7-16-10)14-11(15)9-4-1-2-6-13-9/h1-2,4,6,8,10H,3,5,7H2,(H,14,15). The van der Waals surface area contributed by atoms with E-state index in [0.717, 1.165) is 6.42 Å². The van der Waals surface area contributed by atoms with E-state index < -0.39 is 12.4 Å². The Hall–Kier alpha value is -1.49. The Morgan fingerprint density at radius 1 is 1.56 bits per heavy atom. The molecular weight excluding hydrogens is 211 g/mol. The number of pyridine rings is 1. The van der Waals surface area contributed by atoms with Gasteiger partial charge in [-0.15, -0.1) is 0 Å². The van der Waals surface area contributed by atoms with Gasteiger partial charge in [0, 0.05) is 6.20 Å². The van der Waals surface area contributed by atoms with E-state index in [4.69, 9.17) is 4.74 Å². The van der Waals surface area contributed by atoms with Gasteiger partial charge < -0.3 is 10.1 Å². The zero-order valence-electron chi connectivity index (χ0n) is 8.73. The Morgan fingerprint density at radius 2 is 2.44 bits per heavy atom. The van der Waals surface area contributed by atoms with E-state index in [9.17, 15) is 9.18 Å². The fourth-order valence-corrected chi connectivity index (χ4v) is 1.62. The van der Waals surface area contributed by atoms with E-state index in [1.807, 2.05) is 0 Å². The molecule has 86 valence electrons. The highest BCUT2D eigenvalue weighted by molar-refractivity contribution is 5.92. The van der Waals surface area contributed by atoms with Gasteiger partial charge in [0.25, 0.3) is 5.91 Å². The van der Waals surface area contributed by atoms with Gasteiger partial charge in [-0.3, -0.25) is 9.78 Å². The Kier molecular flexibility index (Phi) is 3.46. The van der Waals surface area contributed by atoms with E-state index in [-0.39, 0.29) is 5.91 Å². The van der Waals surface area contributed by atoms with Gasteiger partial charge in [0.05, 0.1) is 12.6 Å². The summed E-state index contributed by atoms with van der Waals surface area (Å²) in [6, 6.07) is 4.46. The smallest absolute Gasteiger partial charge is 0.270 e. The molecule has 1 amide bonds. The number of aromatic nitrogens is 1. The molecule has 1 fully saturated rings. The van der Waals surface area contributed by atoms with Crippen LogP contribution in [0.1, 0.15) is 23.3 Å². The number of rotatable bonds is 2. The maximum absolute atomic E-state index is 13.3. The summed E-state index contributed by atoms with van der Waals surface area (Å²) in [6.07, 6.45) is 1.47. The van der Waals surface area contributed by atoms with Crippen molar-refractivity contribution in [2.75, 3.05) is 6.61 Å². The normalized spacial score (nSPS) is 25.1. The molecule has 2 unspecified atom stereocenters. The molecule has 0 aromatic carbocycles. The lowest BCUT2D eigenvalue weighted by Gasteiger charge is -2.26. The largest absolute Gasteiger partial charge is 0.347 e. The van der Waals surface area contributed by atoms with Gasteiger partial charge in [0.2, 0.25) is 6.36 Å². The fourth-order valence-electron chi connectivity index (χ4n) is 1.62. The van der Waals surface area contributed by atoms with Crippen LogP contribution in [0.2, 0.25) is 0 Å². The molecule has 1 aromatic rings. The first kappa shape index (κ1) is 11.0. The summed E-state index contributed by atoms with van der Waals surface area (Å²) in [5, 5.41) is 2.58. The molecule has 1 N–H and O–H groups in total. The van der Waals surface area contributed by atoms with Crippen molar-refractivity contribution in [3.8, 4) is 0 Å². The third-order valence-electron chi connectivity index (χ3n) is 2.47. The second-order valence-corrected chi connectivity index (χ2v) is 3.66. The van der Waals surface area contributed by atoms with Crippen LogP contribution in [-0.2, 0) is 4.74 Å². The number of alkyl halides is 1. The van der Waals surface area contributed by atoms with Gasteiger partial charge in [-0.2, -0.15) is 0 Å². The summed E-state index contributed by atoms with van der Waals surface area (Å²) in [7, 11) is 0. The molecule has 2 heterocycles. The molecule has 16 heavy (non-hydrogen) atoms. The molecule has 1 saturated heterocycles. The minimum atomic E-state index is -1.42. The van der Waals surface area contributed by atoms with Crippen molar-refractivity contribution in [2.24, 2.45) is 0 Å². The quantitative estimate of drug-likeness (QED) is 0.823. The van der Waals surface area contributed by atoms with Crippen LogP contribution in [0.15, 0.2) is 24.4 Å². The van der Waals surface area contributed by atoms with Crippen LogP contribution >= 0.6 is 0 Å². The Balaban J connectivity index is 1.96. The van der Waals surface area contributed by atoms with Crippen LogP contribution in [0.4, 0.5) is 4.39 Å². The summed E-state index contributed by atoms with van der Waals surface area (Å²) in [4.78, 5) is 15.6. The molecule has 5 heteroatoms. The average molecular weight is 224 g/mol. The SMILES string of the molecule is O=C(NC1CCCOC1F)c1ccccn1. The van der Waals surface area contributed by atoms with Crippen molar-refractivity contribution in [1.82, 2.24) is 10.3 Å². The molecule has 0 saturated carbocycles. The Labute approximate surface area is 92.8 Å². The number of amides is 1. The number of hydrogen-bond acceptors (Lipinski definition) is 3. The number of carbonyl (C=O) groups is 1. The minimum Gasteiger partial charge on any atom is -0.347 e. The van der Waals surface area contributed by atoms with E-state index in [2.05, 4.69) is 10.3 Å². The third-order valence-corrected chi connectivity index (χ3v) is 2.47. The molecule has 0 bridgehead atoms. The number of nitrogens with zero attached hydrogens (tertiary/aromatic N) is 1. The van der Waals surface area contributed by atoms with Crippen LogP contribution in [0.3, 0.4) is 0 Å². The van der Waals surface area contributed by atoms with Gasteiger partial charge in [-0.1, -0.05) is 6.07 Å². The predicted molar refractivity (Wildman–Crippen MR) is 55.6 cm³/mol. The Bertz CT molecular complexity index is 358. The van der Waals surface area contributed by atoms with Crippen molar-refractivity contribution in [3.05, 3.63) is 30.1 Å². The second-order valence-electron chi connectivity index (χ2n) is 3.66. The number of carbonyl (C=O) groups excluding carboxylic acids is 1. The molecule has 0 radical (unpaired) electrons. The molecule has 2 rings (SSSR count). The topological polar surface area (TPSA) is 51.2 Å². The monoisotopic (exact) mass is 224 g/mol. The van der Waals surface area contributed by atoms with Crippen molar-refractivity contribution in [1.29, 1.82) is 0 Å². The van der Waals surface area contributed by atoms with Gasteiger partial charge in [0.15, 0.2) is 0 Å². The maximum atomic E-state index is 13.3. The zero-order valence-corrected chi connectivity index (χ0v) is 8.73. The van der Waals surface area contributed by atoms with Gasteiger partial charge >= 0.3 is 0 Å². The van der Waals surface area contributed by atoms with Crippen LogP contribution in [-0.4, -0.2) is 29.9 Å². The van der Waals surface area contributed by atoms with E-state index in [0.29, 0.717) is 18.7 Å². The lowest BCUT2D eigenvalue weighted by atomic mass is 10.1. The van der Waals surface area contributed by atoms with Crippen LogP contribution < -0.4 is 5.32 Å². The highest BCUT2D eigenvalue weighted by Gasteiger charge is 2.27. The Morgan fingerprint density at radius 3 is 3.12 bits per heavy atom. The molecule has 0 aliphatic carbocycles. The predicted octanol–water partition coefficient (Wildman–Crippen LogP) is 1.29. The van der Waals surface area contributed by atoms with E-state index in [1.165, 1.54) is 6.20 Å². The number of ether oxygens (including phenoxy) is 1. The van der Waals surface area contributed by atoms with Crippen molar-refractivity contribution in [2.45, 2.75) is 25.2 Å². The molecule has 4 nitrogen and oxygen atoms in total.